The molecule has 1 amide bonds. The van der Waals surface area contributed by atoms with Crippen LogP contribution in [0.2, 0.25) is 0 Å². The van der Waals surface area contributed by atoms with Crippen molar-refractivity contribution in [3.63, 3.8) is 0 Å². The molecule has 0 radical (unpaired) electrons. The van der Waals surface area contributed by atoms with Gasteiger partial charge in [-0.05, 0) is 43.3 Å². The predicted molar refractivity (Wildman–Crippen MR) is 108 cm³/mol. The number of rotatable bonds is 5. The third-order valence-electron chi connectivity index (χ3n) is 4.07. The van der Waals surface area contributed by atoms with E-state index in [-0.39, 0.29) is 11.3 Å². The molecule has 150 valence electrons. The largest absolute Gasteiger partial charge is 0.439 e. The molecule has 4 aromatic rings. The first-order valence-electron chi connectivity index (χ1n) is 8.97. The van der Waals surface area contributed by atoms with Crippen LogP contribution in [0.3, 0.4) is 0 Å². The maximum atomic E-state index is 12.3. The zero-order chi connectivity index (χ0) is 21.1. The van der Waals surface area contributed by atoms with Crippen LogP contribution in [0.1, 0.15) is 16.3 Å². The number of hydrogen-bond donors (Lipinski definition) is 1. The number of hydrogen-bond acceptors (Lipinski definition) is 7. The lowest BCUT2D eigenvalue weighted by atomic mass is 10.3. The van der Waals surface area contributed by atoms with Gasteiger partial charge in [0.15, 0.2) is 5.82 Å². The smallest absolute Gasteiger partial charge is 0.276 e. The van der Waals surface area contributed by atoms with Gasteiger partial charge in [-0.1, -0.05) is 0 Å². The van der Waals surface area contributed by atoms with Crippen molar-refractivity contribution in [3.05, 3.63) is 82.8 Å². The Morgan fingerprint density at radius 1 is 1.10 bits per heavy atom. The molecule has 1 aromatic carbocycles. The Morgan fingerprint density at radius 2 is 1.90 bits per heavy atom. The predicted octanol–water partition coefficient (Wildman–Crippen LogP) is 2.11. The summed E-state index contributed by atoms with van der Waals surface area (Å²) in [6, 6.07) is 12.9. The average molecular weight is 403 g/mol. The summed E-state index contributed by atoms with van der Waals surface area (Å²) < 4.78 is 8.54. The summed E-state index contributed by atoms with van der Waals surface area (Å²) in [7, 11) is 1.48. The van der Waals surface area contributed by atoms with E-state index in [1.54, 1.807) is 60.4 Å². The van der Waals surface area contributed by atoms with Crippen LogP contribution < -0.4 is 15.6 Å². The lowest BCUT2D eigenvalue weighted by molar-refractivity contribution is 0.102. The second kappa shape index (κ2) is 7.95. The fraction of sp³-hybridized carbons (Fsp3) is 0.100. The number of aromatic nitrogens is 6. The molecule has 30 heavy (non-hydrogen) atoms. The highest BCUT2D eigenvalue weighted by molar-refractivity contribution is 6.02. The Morgan fingerprint density at radius 3 is 2.60 bits per heavy atom. The highest BCUT2D eigenvalue weighted by Gasteiger charge is 2.10. The van der Waals surface area contributed by atoms with Crippen LogP contribution in [0, 0.1) is 6.92 Å². The minimum Gasteiger partial charge on any atom is -0.439 e. The minimum atomic E-state index is -0.422. The lowest BCUT2D eigenvalue weighted by Crippen LogP contribution is -2.23. The molecule has 0 fully saturated rings. The van der Waals surface area contributed by atoms with E-state index in [2.05, 4.69) is 25.5 Å². The summed E-state index contributed by atoms with van der Waals surface area (Å²) in [5.41, 5.74) is 0.405. The van der Waals surface area contributed by atoms with Gasteiger partial charge in [-0.3, -0.25) is 9.59 Å². The molecule has 10 nitrogen and oxygen atoms in total. The van der Waals surface area contributed by atoms with Crippen molar-refractivity contribution in [1.29, 1.82) is 0 Å². The summed E-state index contributed by atoms with van der Waals surface area (Å²) in [5.74, 6) is 1.63. The van der Waals surface area contributed by atoms with Crippen molar-refractivity contribution in [3.8, 4) is 17.4 Å². The van der Waals surface area contributed by atoms with Crippen LogP contribution in [0.4, 0.5) is 5.69 Å². The van der Waals surface area contributed by atoms with E-state index in [1.807, 2.05) is 0 Å². The van der Waals surface area contributed by atoms with Gasteiger partial charge in [0.2, 0.25) is 5.88 Å². The molecule has 0 saturated heterocycles. The second-order valence-electron chi connectivity index (χ2n) is 6.32. The van der Waals surface area contributed by atoms with Crippen LogP contribution in [-0.2, 0) is 7.05 Å². The van der Waals surface area contributed by atoms with Crippen molar-refractivity contribution >= 4 is 11.6 Å². The number of nitrogens with zero attached hydrogens (tertiary/aromatic N) is 6. The number of amides is 1. The normalized spacial score (nSPS) is 10.6. The summed E-state index contributed by atoms with van der Waals surface area (Å²) in [5, 5.41) is 10.8. The molecule has 3 heterocycles. The van der Waals surface area contributed by atoms with E-state index in [9.17, 15) is 9.59 Å². The van der Waals surface area contributed by atoms with E-state index in [4.69, 9.17) is 4.74 Å². The van der Waals surface area contributed by atoms with Crippen LogP contribution in [0.15, 0.2) is 65.7 Å². The summed E-state index contributed by atoms with van der Waals surface area (Å²) >= 11 is 0. The molecular weight excluding hydrogens is 386 g/mol. The molecule has 4 rings (SSSR count). The van der Waals surface area contributed by atoms with Crippen molar-refractivity contribution in [1.82, 2.24) is 29.5 Å². The third kappa shape index (κ3) is 4.22. The molecule has 3 aromatic heterocycles. The number of aryl methyl sites for hydroxylation is 2. The monoisotopic (exact) mass is 403 g/mol. The van der Waals surface area contributed by atoms with E-state index in [0.29, 0.717) is 29.0 Å². The van der Waals surface area contributed by atoms with Gasteiger partial charge < -0.3 is 10.1 Å². The van der Waals surface area contributed by atoms with Crippen molar-refractivity contribution in [2.24, 2.45) is 7.05 Å². The van der Waals surface area contributed by atoms with E-state index in [0.717, 1.165) is 4.68 Å². The quantitative estimate of drug-likeness (QED) is 0.542. The molecule has 0 bridgehead atoms. The first-order chi connectivity index (χ1) is 14.5. The first kappa shape index (κ1) is 19.0. The van der Waals surface area contributed by atoms with Crippen LogP contribution in [0.25, 0.3) is 5.82 Å². The lowest BCUT2D eigenvalue weighted by Gasteiger charge is -2.09. The highest BCUT2D eigenvalue weighted by atomic mass is 16.5. The van der Waals surface area contributed by atoms with E-state index >= 15 is 0 Å². The Kier molecular flexibility index (Phi) is 5.04. The van der Waals surface area contributed by atoms with Gasteiger partial charge in [0.1, 0.15) is 17.3 Å². The molecule has 0 aliphatic rings. The first-order valence-corrected chi connectivity index (χ1v) is 8.97. The Hall–Kier alpha value is -4.34. The van der Waals surface area contributed by atoms with Crippen LogP contribution in [0.5, 0.6) is 11.6 Å². The molecule has 10 heteroatoms. The zero-order valence-corrected chi connectivity index (χ0v) is 16.2. The molecule has 0 spiro atoms. The Balaban J connectivity index is 1.47. The highest BCUT2D eigenvalue weighted by Crippen LogP contribution is 2.23. The van der Waals surface area contributed by atoms with Crippen LogP contribution >= 0.6 is 0 Å². The van der Waals surface area contributed by atoms with Gasteiger partial charge in [0.25, 0.3) is 11.5 Å². The number of nitrogens with one attached hydrogen (secondary N) is 1. The molecule has 0 unspecified atom stereocenters. The Bertz CT molecular complexity index is 1250. The summed E-state index contributed by atoms with van der Waals surface area (Å²) in [6.45, 7) is 1.77. The SMILES string of the molecule is Cc1nc(Oc2ccc(NC(=O)c3ccc(=O)n(C)n3)cc2)cc(-n2cccn2)n1. The molecule has 0 aliphatic carbocycles. The molecule has 1 N–H and O–H groups in total. The van der Waals surface area contributed by atoms with Gasteiger partial charge in [0.05, 0.1) is 0 Å². The van der Waals surface area contributed by atoms with Crippen molar-refractivity contribution in [2.45, 2.75) is 6.92 Å². The molecular formula is C20H17N7O3. The van der Waals surface area contributed by atoms with Gasteiger partial charge in [-0.15, -0.1) is 0 Å². The maximum absolute atomic E-state index is 12.3. The standard InChI is InChI=1S/C20H17N7O3/c1-13-22-17(27-11-3-10-21-27)12-18(23-13)30-15-6-4-14(5-7-15)24-20(29)16-8-9-19(28)26(2)25-16/h3-12H,1-2H3,(H,24,29). The number of ether oxygens (including phenoxy) is 1. The average Bonchev–Trinajstić information content (AvgIpc) is 3.26. The topological polar surface area (TPSA) is 117 Å². The molecule has 0 saturated carbocycles. The zero-order valence-electron chi connectivity index (χ0n) is 16.2. The van der Waals surface area contributed by atoms with E-state index < -0.39 is 5.91 Å². The number of carbonyl (C=O) groups excluding carboxylic acids is 1. The second-order valence-corrected chi connectivity index (χ2v) is 6.32. The van der Waals surface area contributed by atoms with Crippen molar-refractivity contribution < 1.29 is 9.53 Å². The minimum absolute atomic E-state index is 0.139. The van der Waals surface area contributed by atoms with Crippen LogP contribution in [-0.4, -0.2) is 35.4 Å². The van der Waals surface area contributed by atoms with Gasteiger partial charge >= 0.3 is 0 Å². The fourth-order valence-electron chi connectivity index (χ4n) is 2.64. The van der Waals surface area contributed by atoms with E-state index in [1.165, 1.54) is 19.2 Å². The van der Waals surface area contributed by atoms with Gasteiger partial charge in [0, 0.05) is 37.3 Å². The summed E-state index contributed by atoms with van der Waals surface area (Å²) in [4.78, 5) is 32.3. The van der Waals surface area contributed by atoms with Gasteiger partial charge in [-0.25, -0.2) is 14.3 Å². The number of carbonyl (C=O) groups is 1. The van der Waals surface area contributed by atoms with Gasteiger partial charge in [-0.2, -0.15) is 15.2 Å². The Labute approximate surface area is 170 Å². The molecule has 0 atom stereocenters. The van der Waals surface area contributed by atoms with Crippen molar-refractivity contribution in [2.75, 3.05) is 5.32 Å². The molecule has 0 aliphatic heterocycles. The third-order valence-corrected chi connectivity index (χ3v) is 4.07. The fourth-order valence-corrected chi connectivity index (χ4v) is 2.64. The number of anilines is 1. The maximum Gasteiger partial charge on any atom is 0.276 e. The summed E-state index contributed by atoms with van der Waals surface area (Å²) in [6.07, 6.45) is 3.44. The number of benzene rings is 1.